The van der Waals surface area contributed by atoms with Gasteiger partial charge in [0, 0.05) is 21.0 Å². The molecule has 2 fully saturated rings. The van der Waals surface area contributed by atoms with E-state index < -0.39 is 97.2 Å². The first-order chi connectivity index (χ1) is 26.4. The van der Waals surface area contributed by atoms with E-state index in [0.717, 1.165) is 21.0 Å². The lowest BCUT2D eigenvalue weighted by Gasteiger charge is -2.47. The number of carbonyl (C=O) groups excluding carboxylic acids is 6. The molecule has 0 saturated carbocycles. The van der Waals surface area contributed by atoms with Crippen LogP contribution < -0.4 is 0 Å². The molecule has 55 heavy (non-hydrogen) atoms. The molecule has 0 bridgehead atoms. The zero-order chi connectivity index (χ0) is 39.6. The lowest BCUT2D eigenvalue weighted by molar-refractivity contribution is -0.348. The monoisotopic (exact) mass is 764 g/mol. The van der Waals surface area contributed by atoms with Gasteiger partial charge in [-0.15, -0.1) is 0 Å². The third-order valence-electron chi connectivity index (χ3n) is 8.54. The van der Waals surface area contributed by atoms with Gasteiger partial charge in [0.15, 0.2) is 49.2 Å². The van der Waals surface area contributed by atoms with Crippen molar-refractivity contribution in [3.05, 3.63) is 108 Å². The summed E-state index contributed by atoms with van der Waals surface area (Å²) in [5.74, 6) is -5.34. The molecule has 16 nitrogen and oxygen atoms in total. The van der Waals surface area contributed by atoms with Crippen LogP contribution in [0.3, 0.4) is 0 Å². The molecule has 3 aromatic rings. The molecule has 16 heteroatoms. The largest absolute Gasteiger partial charge is 0.467 e. The van der Waals surface area contributed by atoms with Crippen molar-refractivity contribution in [3.8, 4) is 0 Å². The first-order valence-corrected chi connectivity index (χ1v) is 17.1. The van der Waals surface area contributed by atoms with Crippen LogP contribution in [0.2, 0.25) is 0 Å². The van der Waals surface area contributed by atoms with Gasteiger partial charge in [-0.25, -0.2) is 19.2 Å². The Morgan fingerprint density at radius 2 is 0.891 bits per heavy atom. The van der Waals surface area contributed by atoms with Crippen LogP contribution in [0.25, 0.3) is 0 Å². The van der Waals surface area contributed by atoms with Crippen molar-refractivity contribution >= 4 is 35.8 Å². The number of hydrogen-bond acceptors (Lipinski definition) is 16. The fraction of sp³-hybridized carbons (Fsp3) is 0.385. The van der Waals surface area contributed by atoms with Crippen LogP contribution in [0.1, 0.15) is 51.8 Å². The van der Waals surface area contributed by atoms with Crippen molar-refractivity contribution in [2.24, 2.45) is 0 Å². The molecule has 0 spiro atoms. The molecular formula is C39H40O16. The van der Waals surface area contributed by atoms with Gasteiger partial charge in [-0.3, -0.25) is 9.59 Å². The van der Waals surface area contributed by atoms with E-state index in [9.17, 15) is 28.8 Å². The molecule has 0 amide bonds. The number of hydrogen-bond donors (Lipinski definition) is 0. The third-order valence-corrected chi connectivity index (χ3v) is 8.54. The molecule has 2 aliphatic heterocycles. The summed E-state index contributed by atoms with van der Waals surface area (Å²) in [5.41, 5.74) is 0.347. The van der Waals surface area contributed by atoms with Gasteiger partial charge in [-0.05, 0) is 43.3 Å². The summed E-state index contributed by atoms with van der Waals surface area (Å²) in [7, 11) is 2.27. The zero-order valence-corrected chi connectivity index (χ0v) is 30.5. The van der Waals surface area contributed by atoms with Gasteiger partial charge in [0.25, 0.3) is 0 Å². The summed E-state index contributed by atoms with van der Waals surface area (Å²) in [6, 6.07) is 23.6. The average molecular weight is 765 g/mol. The highest BCUT2D eigenvalue weighted by Crippen LogP contribution is 2.36. The maximum absolute atomic E-state index is 13.7. The minimum Gasteiger partial charge on any atom is -0.467 e. The van der Waals surface area contributed by atoms with E-state index in [-0.39, 0.29) is 16.7 Å². The Bertz CT molecular complexity index is 1800. The lowest BCUT2D eigenvalue weighted by Crippen LogP contribution is -2.67. The van der Waals surface area contributed by atoms with E-state index in [1.807, 2.05) is 0 Å². The summed E-state index contributed by atoms with van der Waals surface area (Å²) in [4.78, 5) is 78.9. The Morgan fingerprint density at radius 3 is 1.33 bits per heavy atom. The number of rotatable bonds is 12. The highest BCUT2D eigenvalue weighted by molar-refractivity contribution is 5.91. The van der Waals surface area contributed by atoms with Gasteiger partial charge in [-0.1, -0.05) is 54.6 Å². The van der Waals surface area contributed by atoms with E-state index in [1.165, 1.54) is 50.4 Å². The predicted molar refractivity (Wildman–Crippen MR) is 185 cm³/mol. The summed E-state index contributed by atoms with van der Waals surface area (Å²) in [5, 5.41) is 0. The minimum absolute atomic E-state index is 0.0786. The average Bonchev–Trinajstić information content (AvgIpc) is 3.18. The number of carbonyl (C=O) groups is 6. The Labute approximate surface area is 315 Å². The van der Waals surface area contributed by atoms with E-state index in [4.69, 9.17) is 47.4 Å². The SMILES string of the molecule is COC(=O)[C@H]1O[C@H](OC)[C@H](OC(C)=O)[C@@H](OC(C)=O)[C@@H]1O[C@@H]1O[C@@H](C)[C@H](OC(=O)c2ccccc2)[C@@H](OC(=O)c2ccccc2)[C@H]1OC(=O)c1ccccc1. The molecule has 0 aromatic heterocycles. The second-order valence-corrected chi connectivity index (χ2v) is 12.4. The maximum atomic E-state index is 13.7. The molecule has 0 aliphatic carbocycles. The number of benzene rings is 3. The van der Waals surface area contributed by atoms with Crippen LogP contribution in [0, 0.1) is 0 Å². The lowest BCUT2D eigenvalue weighted by atomic mass is 9.96. The molecular weight excluding hydrogens is 724 g/mol. The van der Waals surface area contributed by atoms with Gasteiger partial charge < -0.3 is 47.4 Å². The van der Waals surface area contributed by atoms with Crippen molar-refractivity contribution in [1.29, 1.82) is 0 Å². The van der Waals surface area contributed by atoms with Crippen molar-refractivity contribution in [1.82, 2.24) is 0 Å². The van der Waals surface area contributed by atoms with Crippen LogP contribution in [0.4, 0.5) is 0 Å². The minimum atomic E-state index is -1.78. The highest BCUT2D eigenvalue weighted by Gasteiger charge is 2.58. The molecule has 10 atom stereocenters. The zero-order valence-electron chi connectivity index (χ0n) is 30.5. The van der Waals surface area contributed by atoms with Crippen molar-refractivity contribution in [2.75, 3.05) is 14.2 Å². The van der Waals surface area contributed by atoms with E-state index in [1.54, 1.807) is 54.6 Å². The Morgan fingerprint density at radius 1 is 0.491 bits per heavy atom. The van der Waals surface area contributed by atoms with Crippen molar-refractivity contribution in [2.45, 2.75) is 82.2 Å². The predicted octanol–water partition coefficient (Wildman–Crippen LogP) is 3.20. The molecule has 2 heterocycles. The van der Waals surface area contributed by atoms with Crippen LogP contribution >= 0.6 is 0 Å². The maximum Gasteiger partial charge on any atom is 0.338 e. The van der Waals surface area contributed by atoms with Crippen molar-refractivity contribution in [3.63, 3.8) is 0 Å². The van der Waals surface area contributed by atoms with Crippen LogP contribution in [0.5, 0.6) is 0 Å². The standard InChI is InChI=1S/C39H40O16/c1-21-27(51-34(42)24-15-9-6-10-16-24)28(52-35(43)25-17-11-7-12-18-25)33(53-36(44)26-19-13-8-14-20-26)39(48-21)54-29-30(49-22(2)40)32(50-23(3)41)38(47-5)55-31(29)37(45)46-4/h6-21,27-33,38-39H,1-5H3/t21-,27-,28+,29-,30-,31-,32+,33+,38-,39-/m0/s1. The molecule has 292 valence electrons. The fourth-order valence-electron chi connectivity index (χ4n) is 6.05. The van der Waals surface area contributed by atoms with Gasteiger partial charge in [0.05, 0.1) is 29.9 Å². The van der Waals surface area contributed by atoms with Gasteiger partial charge in [0.2, 0.25) is 0 Å². The van der Waals surface area contributed by atoms with Crippen LogP contribution in [-0.2, 0) is 61.8 Å². The number of methoxy groups -OCH3 is 2. The van der Waals surface area contributed by atoms with E-state index >= 15 is 0 Å². The molecule has 2 saturated heterocycles. The topological polar surface area (TPSA) is 195 Å². The highest BCUT2D eigenvalue weighted by atomic mass is 16.8. The molecule has 2 aliphatic rings. The number of esters is 6. The Kier molecular flexibility index (Phi) is 13.7. The second-order valence-electron chi connectivity index (χ2n) is 12.4. The Balaban J connectivity index is 1.61. The van der Waals surface area contributed by atoms with Crippen LogP contribution in [-0.4, -0.2) is 111 Å². The molecule has 0 radical (unpaired) electrons. The molecule has 0 unspecified atom stereocenters. The summed E-state index contributed by atoms with van der Waals surface area (Å²) in [6.45, 7) is 3.65. The normalized spacial score (nSPS) is 27.4. The van der Waals surface area contributed by atoms with E-state index in [0.29, 0.717) is 0 Å². The number of ether oxygens (including phenoxy) is 10. The first kappa shape index (κ1) is 40.5. The molecule has 0 N–H and O–H groups in total. The smallest absolute Gasteiger partial charge is 0.338 e. The van der Waals surface area contributed by atoms with E-state index in [2.05, 4.69) is 0 Å². The van der Waals surface area contributed by atoms with Crippen molar-refractivity contribution < 1.29 is 76.1 Å². The quantitative estimate of drug-likeness (QED) is 0.193. The summed E-state index contributed by atoms with van der Waals surface area (Å²) >= 11 is 0. The Hall–Kier alpha value is -5.68. The molecule has 3 aromatic carbocycles. The fourth-order valence-corrected chi connectivity index (χ4v) is 6.05. The molecule has 5 rings (SSSR count). The summed E-state index contributed by atoms with van der Waals surface area (Å²) in [6.07, 6.45) is -15.8. The van der Waals surface area contributed by atoms with Crippen LogP contribution in [0.15, 0.2) is 91.0 Å². The summed E-state index contributed by atoms with van der Waals surface area (Å²) < 4.78 is 57.7. The second kappa shape index (κ2) is 18.6. The first-order valence-electron chi connectivity index (χ1n) is 17.1. The third kappa shape index (κ3) is 9.90. The van der Waals surface area contributed by atoms with Gasteiger partial charge >= 0.3 is 35.8 Å². The van der Waals surface area contributed by atoms with Gasteiger partial charge in [0.1, 0.15) is 6.10 Å². The van der Waals surface area contributed by atoms with Gasteiger partial charge in [-0.2, -0.15) is 0 Å².